The SMILES string of the molecule is COC(=O)/C=C/CCC(C)[C@H]1CC[C@H]2[C@@H]3CCC4CC(OC=O)CC[C@]4(C)[C@H]3CC(OC=O)[C@]12C. The van der Waals surface area contributed by atoms with Crippen molar-refractivity contribution in [3.05, 3.63) is 12.2 Å². The molecule has 6 heteroatoms. The molecule has 0 N–H and O–H groups in total. The Balaban J connectivity index is 1.52. The molecule has 4 saturated carbocycles. The van der Waals surface area contributed by atoms with Crippen LogP contribution in [-0.2, 0) is 28.6 Å². The molecule has 0 aliphatic heterocycles. The molecule has 0 saturated heterocycles. The van der Waals surface area contributed by atoms with Crippen LogP contribution in [0.3, 0.4) is 0 Å². The monoisotopic (exact) mass is 488 g/mol. The highest BCUT2D eigenvalue weighted by atomic mass is 16.5. The van der Waals surface area contributed by atoms with Gasteiger partial charge in [0.15, 0.2) is 0 Å². The van der Waals surface area contributed by atoms with E-state index in [1.807, 2.05) is 6.08 Å². The first-order valence-electron chi connectivity index (χ1n) is 13.7. The van der Waals surface area contributed by atoms with Crippen molar-refractivity contribution in [3.8, 4) is 0 Å². The van der Waals surface area contributed by atoms with Crippen molar-refractivity contribution in [1.29, 1.82) is 0 Å². The van der Waals surface area contributed by atoms with Gasteiger partial charge in [0.2, 0.25) is 0 Å². The molecular weight excluding hydrogens is 444 g/mol. The lowest BCUT2D eigenvalue weighted by Crippen LogP contribution is -2.59. The van der Waals surface area contributed by atoms with E-state index in [9.17, 15) is 14.4 Å². The van der Waals surface area contributed by atoms with E-state index in [-0.39, 0.29) is 29.0 Å². The fraction of sp³-hybridized carbons (Fsp3) is 0.828. The Labute approximate surface area is 210 Å². The first-order valence-corrected chi connectivity index (χ1v) is 13.7. The van der Waals surface area contributed by atoms with Crippen molar-refractivity contribution in [2.24, 2.45) is 46.3 Å². The van der Waals surface area contributed by atoms with Crippen molar-refractivity contribution in [1.82, 2.24) is 0 Å². The van der Waals surface area contributed by atoms with E-state index in [0.717, 1.165) is 38.5 Å². The molecule has 0 spiro atoms. The second kappa shape index (κ2) is 10.6. The van der Waals surface area contributed by atoms with Gasteiger partial charge in [-0.15, -0.1) is 0 Å². The highest BCUT2D eigenvalue weighted by molar-refractivity contribution is 5.81. The molecule has 0 bridgehead atoms. The van der Waals surface area contributed by atoms with Crippen LogP contribution in [0.15, 0.2) is 12.2 Å². The highest BCUT2D eigenvalue weighted by Crippen LogP contribution is 2.68. The quantitative estimate of drug-likeness (QED) is 0.185. The summed E-state index contributed by atoms with van der Waals surface area (Å²) in [5, 5.41) is 0. The van der Waals surface area contributed by atoms with Gasteiger partial charge in [-0.05, 0) is 105 Å². The number of allylic oxidation sites excluding steroid dienone is 1. The van der Waals surface area contributed by atoms with Crippen LogP contribution >= 0.6 is 0 Å². The zero-order chi connectivity index (χ0) is 25.2. The van der Waals surface area contributed by atoms with Gasteiger partial charge in [-0.3, -0.25) is 9.59 Å². The number of fused-ring (bicyclic) bond motifs is 5. The Kier molecular flexibility index (Phi) is 7.97. The van der Waals surface area contributed by atoms with Gasteiger partial charge in [0.1, 0.15) is 12.2 Å². The van der Waals surface area contributed by atoms with Crippen molar-refractivity contribution in [2.45, 2.75) is 97.2 Å². The van der Waals surface area contributed by atoms with Gasteiger partial charge in [0, 0.05) is 11.5 Å². The lowest BCUT2D eigenvalue weighted by Gasteiger charge is -2.62. The minimum absolute atomic E-state index is 0.00537. The predicted octanol–water partition coefficient (Wildman–Crippen LogP) is 5.48. The van der Waals surface area contributed by atoms with E-state index in [2.05, 4.69) is 20.8 Å². The fourth-order valence-electron chi connectivity index (χ4n) is 9.40. The summed E-state index contributed by atoms with van der Waals surface area (Å²) in [7, 11) is 1.40. The van der Waals surface area contributed by atoms with E-state index in [1.165, 1.54) is 38.9 Å². The van der Waals surface area contributed by atoms with Crippen LogP contribution < -0.4 is 0 Å². The van der Waals surface area contributed by atoms with Crippen LogP contribution in [0, 0.1) is 46.3 Å². The zero-order valence-corrected chi connectivity index (χ0v) is 21.9. The van der Waals surface area contributed by atoms with Crippen molar-refractivity contribution < 1.29 is 28.6 Å². The van der Waals surface area contributed by atoms with Crippen LogP contribution in [-0.4, -0.2) is 38.2 Å². The van der Waals surface area contributed by atoms with Gasteiger partial charge in [-0.2, -0.15) is 0 Å². The smallest absolute Gasteiger partial charge is 0.330 e. The number of ether oxygens (including phenoxy) is 3. The molecule has 4 fully saturated rings. The summed E-state index contributed by atoms with van der Waals surface area (Å²) < 4.78 is 16.0. The minimum Gasteiger partial charge on any atom is -0.466 e. The van der Waals surface area contributed by atoms with Crippen LogP contribution in [0.2, 0.25) is 0 Å². The summed E-state index contributed by atoms with van der Waals surface area (Å²) in [6.07, 6.45) is 14.1. The molecule has 4 aliphatic carbocycles. The van der Waals surface area contributed by atoms with Gasteiger partial charge in [-0.25, -0.2) is 4.79 Å². The van der Waals surface area contributed by atoms with Crippen LogP contribution in [0.4, 0.5) is 0 Å². The minimum atomic E-state index is -0.306. The average Bonchev–Trinajstić information content (AvgIpc) is 3.21. The van der Waals surface area contributed by atoms with Gasteiger partial charge in [0.25, 0.3) is 12.9 Å². The number of carbonyl (C=O) groups is 3. The molecule has 6 nitrogen and oxygen atoms in total. The molecule has 0 radical (unpaired) electrons. The molecule has 0 amide bonds. The lowest BCUT2D eigenvalue weighted by atomic mass is 9.43. The van der Waals surface area contributed by atoms with Crippen LogP contribution in [0.1, 0.15) is 85.0 Å². The molecule has 10 atom stereocenters. The summed E-state index contributed by atoms with van der Waals surface area (Å²) in [5.41, 5.74) is 0.217. The lowest BCUT2D eigenvalue weighted by molar-refractivity contribution is -0.190. The van der Waals surface area contributed by atoms with Gasteiger partial charge in [-0.1, -0.05) is 26.8 Å². The van der Waals surface area contributed by atoms with Crippen molar-refractivity contribution >= 4 is 18.9 Å². The van der Waals surface area contributed by atoms with Gasteiger partial charge in [0.05, 0.1) is 7.11 Å². The van der Waals surface area contributed by atoms with E-state index in [4.69, 9.17) is 14.2 Å². The Hall–Kier alpha value is -1.85. The molecule has 35 heavy (non-hydrogen) atoms. The third kappa shape index (κ3) is 4.67. The van der Waals surface area contributed by atoms with E-state index >= 15 is 0 Å². The molecule has 0 heterocycles. The zero-order valence-electron chi connectivity index (χ0n) is 21.9. The molecule has 0 aromatic heterocycles. The Morgan fingerprint density at radius 3 is 2.49 bits per heavy atom. The third-order valence-electron chi connectivity index (χ3n) is 11.2. The Bertz CT molecular complexity index is 809. The Morgan fingerprint density at radius 1 is 1.00 bits per heavy atom. The topological polar surface area (TPSA) is 78.9 Å². The predicted molar refractivity (Wildman–Crippen MR) is 132 cm³/mol. The maximum absolute atomic E-state index is 11.7. The standard InChI is InChI=1S/C29H44O6/c1-19(7-5-6-8-27(32)33-4)23-11-12-24-22-10-9-20-15-21(34-17-30)13-14-28(20,2)25(22)16-26(35-18-31)29(23,24)3/h6,8,17-26H,5,7,9-16H2,1-4H3/b8-6+/t19?,20?,21?,22-,23+,24-,25-,26?,28-,29+/m0/s1. The maximum atomic E-state index is 11.7. The number of hydrogen-bond donors (Lipinski definition) is 0. The molecule has 196 valence electrons. The first-order chi connectivity index (χ1) is 16.8. The van der Waals surface area contributed by atoms with Gasteiger partial charge >= 0.3 is 5.97 Å². The number of methoxy groups -OCH3 is 1. The van der Waals surface area contributed by atoms with Gasteiger partial charge < -0.3 is 14.2 Å². The third-order valence-corrected chi connectivity index (χ3v) is 11.2. The summed E-state index contributed by atoms with van der Waals surface area (Å²) in [6.45, 7) is 8.51. The second-order valence-corrected chi connectivity index (χ2v) is 12.3. The largest absolute Gasteiger partial charge is 0.466 e. The highest BCUT2D eigenvalue weighted by Gasteiger charge is 2.64. The van der Waals surface area contributed by atoms with E-state index < -0.39 is 0 Å². The fourth-order valence-corrected chi connectivity index (χ4v) is 9.40. The molecule has 4 unspecified atom stereocenters. The number of rotatable bonds is 9. The normalized spacial score (nSPS) is 43.4. The Morgan fingerprint density at radius 2 is 1.77 bits per heavy atom. The summed E-state index contributed by atoms with van der Waals surface area (Å²) >= 11 is 0. The summed E-state index contributed by atoms with van der Waals surface area (Å²) in [4.78, 5) is 34.0. The van der Waals surface area contributed by atoms with Crippen molar-refractivity contribution in [2.75, 3.05) is 7.11 Å². The maximum Gasteiger partial charge on any atom is 0.330 e. The van der Waals surface area contributed by atoms with Crippen LogP contribution in [0.25, 0.3) is 0 Å². The average molecular weight is 489 g/mol. The molecule has 0 aromatic carbocycles. The second-order valence-electron chi connectivity index (χ2n) is 12.3. The van der Waals surface area contributed by atoms with E-state index in [0.29, 0.717) is 48.5 Å². The number of hydrogen-bond acceptors (Lipinski definition) is 6. The molecule has 4 rings (SSSR count). The van der Waals surface area contributed by atoms with Crippen LogP contribution in [0.5, 0.6) is 0 Å². The van der Waals surface area contributed by atoms with E-state index in [1.54, 1.807) is 0 Å². The van der Waals surface area contributed by atoms with Crippen molar-refractivity contribution in [3.63, 3.8) is 0 Å². The molecule has 4 aliphatic rings. The number of esters is 1. The summed E-state index contributed by atoms with van der Waals surface area (Å²) in [6, 6.07) is 0. The first kappa shape index (κ1) is 26.2. The summed E-state index contributed by atoms with van der Waals surface area (Å²) in [5.74, 6) is 3.06. The molecule has 0 aromatic rings. The molecular formula is C29H44O6. The number of carbonyl (C=O) groups excluding carboxylic acids is 3.